The fourth-order valence-electron chi connectivity index (χ4n) is 1.66. The van der Waals surface area contributed by atoms with E-state index >= 15 is 0 Å². The van der Waals surface area contributed by atoms with Crippen molar-refractivity contribution in [3.05, 3.63) is 0 Å². The molecule has 14 heavy (non-hydrogen) atoms. The second-order valence-electron chi connectivity index (χ2n) is 3.15. The van der Waals surface area contributed by atoms with E-state index in [4.69, 9.17) is 10.00 Å². The van der Waals surface area contributed by atoms with Gasteiger partial charge in [-0.3, -0.25) is 10.3 Å². The van der Waals surface area contributed by atoms with Gasteiger partial charge >= 0.3 is 0 Å². The van der Waals surface area contributed by atoms with Crippen LogP contribution in [0.5, 0.6) is 0 Å². The Kier molecular flexibility index (Phi) is 4.77. The summed E-state index contributed by atoms with van der Waals surface area (Å²) in [5.41, 5.74) is 0. The summed E-state index contributed by atoms with van der Waals surface area (Å²) in [6, 6.07) is 0.211. The quantitative estimate of drug-likeness (QED) is 0.325. The highest BCUT2D eigenvalue weighted by Crippen LogP contribution is 2.24. The first-order valence-electron chi connectivity index (χ1n) is 4.61. The monoisotopic (exact) mass is 213 g/mol. The van der Waals surface area contributed by atoms with E-state index in [9.17, 15) is 0 Å². The van der Waals surface area contributed by atoms with Crippen LogP contribution in [0.15, 0.2) is 4.99 Å². The lowest BCUT2D eigenvalue weighted by atomic mass is 10.2. The fourth-order valence-corrected chi connectivity index (χ4v) is 2.05. The molecule has 0 heterocycles. The lowest BCUT2D eigenvalue weighted by Crippen LogP contribution is -2.24. The smallest absolute Gasteiger partial charge is 0.183 e. The van der Waals surface area contributed by atoms with Crippen LogP contribution < -0.4 is 5.32 Å². The van der Waals surface area contributed by atoms with Gasteiger partial charge in [-0.25, -0.2) is 0 Å². The summed E-state index contributed by atoms with van der Waals surface area (Å²) in [4.78, 5) is 4.46. The van der Waals surface area contributed by atoms with Gasteiger partial charge in [0.15, 0.2) is 11.4 Å². The Morgan fingerprint density at radius 3 is 3.00 bits per heavy atom. The molecule has 1 saturated carbocycles. The molecule has 0 amide bonds. The summed E-state index contributed by atoms with van der Waals surface area (Å²) in [5.74, 6) is 0. The van der Waals surface area contributed by atoms with Crippen molar-refractivity contribution in [1.29, 1.82) is 5.26 Å². The number of rotatable bonds is 2. The Labute approximate surface area is 88.7 Å². The third kappa shape index (κ3) is 2.89. The molecule has 2 unspecified atom stereocenters. The summed E-state index contributed by atoms with van der Waals surface area (Å²) in [5, 5.41) is 11.7. The zero-order valence-corrected chi connectivity index (χ0v) is 9.30. The molecule has 4 nitrogen and oxygen atoms in total. The van der Waals surface area contributed by atoms with Gasteiger partial charge < -0.3 is 4.74 Å². The van der Waals surface area contributed by atoms with Crippen LogP contribution in [0.3, 0.4) is 0 Å². The molecule has 0 aromatic carbocycles. The molecule has 0 aliphatic heterocycles. The van der Waals surface area contributed by atoms with Crippen LogP contribution in [0.4, 0.5) is 0 Å². The van der Waals surface area contributed by atoms with Gasteiger partial charge in [0.05, 0.1) is 12.1 Å². The molecular weight excluding hydrogens is 198 g/mol. The van der Waals surface area contributed by atoms with Crippen LogP contribution in [0.25, 0.3) is 0 Å². The molecule has 0 aromatic rings. The minimum Gasteiger partial charge on any atom is -0.379 e. The molecular formula is C9H15N3OS. The Hall–Kier alpha value is -0.730. The Morgan fingerprint density at radius 2 is 2.43 bits per heavy atom. The maximum Gasteiger partial charge on any atom is 0.183 e. The number of nitrogens with one attached hydrogen (secondary N) is 1. The highest BCUT2D eigenvalue weighted by molar-refractivity contribution is 8.13. The standard InChI is InChI=1S/C9H15N3OS/c1-13-8-5-3-4-7(8)12-9(14-2)11-6-10/h7-8H,3-5H2,1-2H3,(H,11,12). The van der Waals surface area contributed by atoms with E-state index in [1.54, 1.807) is 7.11 Å². The number of amidine groups is 1. The number of ether oxygens (including phenoxy) is 1. The van der Waals surface area contributed by atoms with Crippen LogP contribution in [0.2, 0.25) is 0 Å². The largest absolute Gasteiger partial charge is 0.379 e. The molecule has 0 saturated heterocycles. The van der Waals surface area contributed by atoms with Gasteiger partial charge in [-0.1, -0.05) is 11.8 Å². The summed E-state index contributed by atoms with van der Waals surface area (Å²) in [6.07, 6.45) is 7.28. The zero-order valence-electron chi connectivity index (χ0n) is 8.49. The van der Waals surface area contributed by atoms with Crippen LogP contribution >= 0.6 is 11.8 Å². The van der Waals surface area contributed by atoms with Crippen LogP contribution in [-0.4, -0.2) is 30.7 Å². The third-order valence-electron chi connectivity index (χ3n) is 2.36. The molecule has 0 spiro atoms. The minimum absolute atomic E-state index is 0.211. The number of nitriles is 1. The highest BCUT2D eigenvalue weighted by atomic mass is 32.2. The van der Waals surface area contributed by atoms with Gasteiger partial charge in [-0.05, 0) is 25.5 Å². The predicted octanol–water partition coefficient (Wildman–Crippen LogP) is 1.34. The first-order valence-corrected chi connectivity index (χ1v) is 5.84. The molecule has 1 aliphatic carbocycles. The molecule has 1 fully saturated rings. The molecule has 1 aliphatic rings. The van der Waals surface area contributed by atoms with Crippen molar-refractivity contribution >= 4 is 16.9 Å². The molecule has 0 radical (unpaired) electrons. The number of hydrogen-bond acceptors (Lipinski definition) is 4. The average Bonchev–Trinajstić information content (AvgIpc) is 2.64. The topological polar surface area (TPSA) is 57.4 Å². The van der Waals surface area contributed by atoms with E-state index in [0.717, 1.165) is 19.3 Å². The average molecular weight is 213 g/mol. The van der Waals surface area contributed by atoms with Crippen LogP contribution in [0, 0.1) is 11.5 Å². The van der Waals surface area contributed by atoms with E-state index in [1.165, 1.54) is 11.8 Å². The van der Waals surface area contributed by atoms with E-state index in [2.05, 4.69) is 10.3 Å². The highest BCUT2D eigenvalue weighted by Gasteiger charge is 2.26. The molecule has 1 rings (SSSR count). The van der Waals surface area contributed by atoms with Crippen molar-refractivity contribution in [3.8, 4) is 6.19 Å². The second-order valence-corrected chi connectivity index (χ2v) is 3.94. The van der Waals surface area contributed by atoms with Gasteiger partial charge in [-0.2, -0.15) is 5.26 Å². The van der Waals surface area contributed by atoms with Crippen molar-refractivity contribution in [3.63, 3.8) is 0 Å². The number of thioether (sulfide) groups is 1. The third-order valence-corrected chi connectivity index (χ3v) is 2.95. The molecule has 1 N–H and O–H groups in total. The Morgan fingerprint density at radius 1 is 1.64 bits per heavy atom. The maximum absolute atomic E-state index is 8.48. The van der Waals surface area contributed by atoms with Gasteiger partial charge in [0, 0.05) is 7.11 Å². The Bertz CT molecular complexity index is 249. The number of hydrogen-bond donors (Lipinski definition) is 1. The predicted molar refractivity (Wildman–Crippen MR) is 58.1 cm³/mol. The van der Waals surface area contributed by atoms with Gasteiger partial charge in [-0.15, -0.1) is 0 Å². The van der Waals surface area contributed by atoms with Crippen molar-refractivity contribution in [2.24, 2.45) is 4.99 Å². The summed E-state index contributed by atoms with van der Waals surface area (Å²) >= 11 is 1.45. The van der Waals surface area contributed by atoms with Crippen LogP contribution in [-0.2, 0) is 4.74 Å². The van der Waals surface area contributed by atoms with E-state index in [0.29, 0.717) is 5.17 Å². The van der Waals surface area contributed by atoms with Gasteiger partial charge in [0.25, 0.3) is 0 Å². The Balaban J connectivity index is 2.59. The van der Waals surface area contributed by atoms with Gasteiger partial charge in [0.1, 0.15) is 0 Å². The zero-order chi connectivity index (χ0) is 10.4. The second kappa shape index (κ2) is 5.89. The van der Waals surface area contributed by atoms with E-state index in [1.807, 2.05) is 12.4 Å². The molecule has 0 aromatic heterocycles. The number of methoxy groups -OCH3 is 1. The molecule has 2 atom stereocenters. The lowest BCUT2D eigenvalue weighted by Gasteiger charge is -2.14. The van der Waals surface area contributed by atoms with Crippen molar-refractivity contribution in [2.75, 3.05) is 13.4 Å². The number of aliphatic imine (C=N–C) groups is 1. The molecule has 5 heteroatoms. The maximum atomic E-state index is 8.48. The summed E-state index contributed by atoms with van der Waals surface area (Å²) in [7, 11) is 1.72. The lowest BCUT2D eigenvalue weighted by molar-refractivity contribution is 0.0966. The SMILES string of the molecule is COC1CCCC1N=C(NC#N)SC. The first-order chi connectivity index (χ1) is 6.81. The molecule has 78 valence electrons. The summed E-state index contributed by atoms with van der Waals surface area (Å²) < 4.78 is 5.32. The number of nitrogens with zero attached hydrogens (tertiary/aromatic N) is 2. The molecule has 0 bridgehead atoms. The van der Waals surface area contributed by atoms with Crippen molar-refractivity contribution in [2.45, 2.75) is 31.4 Å². The fraction of sp³-hybridized carbons (Fsp3) is 0.778. The summed E-state index contributed by atoms with van der Waals surface area (Å²) in [6.45, 7) is 0. The van der Waals surface area contributed by atoms with Crippen molar-refractivity contribution in [1.82, 2.24) is 5.32 Å². The van der Waals surface area contributed by atoms with E-state index in [-0.39, 0.29) is 12.1 Å². The van der Waals surface area contributed by atoms with Gasteiger partial charge in [0.2, 0.25) is 0 Å². The van der Waals surface area contributed by atoms with Crippen LogP contribution in [0.1, 0.15) is 19.3 Å². The minimum atomic E-state index is 0.211. The normalized spacial score (nSPS) is 27.4. The first kappa shape index (κ1) is 11.3. The van der Waals surface area contributed by atoms with Crippen molar-refractivity contribution < 1.29 is 4.74 Å². The van der Waals surface area contributed by atoms with E-state index < -0.39 is 0 Å².